The van der Waals surface area contributed by atoms with Gasteiger partial charge in [0.1, 0.15) is 17.3 Å². The fourth-order valence-corrected chi connectivity index (χ4v) is 5.85. The first kappa shape index (κ1) is 31.8. The van der Waals surface area contributed by atoms with Crippen LogP contribution in [0.15, 0.2) is 103 Å². The summed E-state index contributed by atoms with van der Waals surface area (Å²) in [5.74, 6) is -2.36. The van der Waals surface area contributed by atoms with Crippen molar-refractivity contribution in [3.8, 4) is 11.5 Å². The van der Waals surface area contributed by atoms with E-state index in [0.717, 1.165) is 36.4 Å². The highest BCUT2D eigenvalue weighted by Gasteiger charge is 2.39. The highest BCUT2D eigenvalue weighted by molar-refractivity contribution is 7.88. The van der Waals surface area contributed by atoms with Crippen LogP contribution in [0.3, 0.4) is 0 Å². The molecule has 4 aromatic carbocycles. The van der Waals surface area contributed by atoms with Gasteiger partial charge in [0.05, 0.1) is 5.75 Å². The van der Waals surface area contributed by atoms with E-state index in [4.69, 9.17) is 0 Å². The Kier molecular flexibility index (Phi) is 9.35. The van der Waals surface area contributed by atoms with Crippen LogP contribution in [0.5, 0.6) is 11.5 Å². The van der Waals surface area contributed by atoms with Crippen molar-refractivity contribution in [2.24, 2.45) is 0 Å². The van der Waals surface area contributed by atoms with E-state index in [0.29, 0.717) is 5.56 Å². The molecule has 0 heterocycles. The molecule has 43 heavy (non-hydrogen) atoms. The lowest BCUT2D eigenvalue weighted by Gasteiger charge is -2.36. The van der Waals surface area contributed by atoms with Crippen molar-refractivity contribution in [2.75, 3.05) is 6.54 Å². The second-order valence-corrected chi connectivity index (χ2v) is 11.4. The normalized spacial score (nSPS) is 12.6. The minimum absolute atomic E-state index is 0.0577. The van der Waals surface area contributed by atoms with Crippen LogP contribution in [0.1, 0.15) is 22.3 Å². The first-order valence-corrected chi connectivity index (χ1v) is 14.3. The van der Waals surface area contributed by atoms with E-state index < -0.39 is 57.8 Å². The summed E-state index contributed by atoms with van der Waals surface area (Å²) in [5, 5.41) is 0. The molecular formula is C30H24F7NO4S. The van der Waals surface area contributed by atoms with Gasteiger partial charge in [0.25, 0.3) is 0 Å². The molecule has 0 unspecified atom stereocenters. The van der Waals surface area contributed by atoms with Crippen molar-refractivity contribution < 1.29 is 48.6 Å². The van der Waals surface area contributed by atoms with Crippen molar-refractivity contribution >= 4 is 10.0 Å². The first-order chi connectivity index (χ1) is 20.1. The maximum absolute atomic E-state index is 13.4. The van der Waals surface area contributed by atoms with Gasteiger partial charge in [-0.05, 0) is 65.1 Å². The molecule has 0 fully saturated rings. The van der Waals surface area contributed by atoms with E-state index in [-0.39, 0.29) is 23.1 Å². The molecule has 4 aromatic rings. The van der Waals surface area contributed by atoms with Crippen LogP contribution in [-0.2, 0) is 27.6 Å². The van der Waals surface area contributed by atoms with Gasteiger partial charge in [0.2, 0.25) is 10.0 Å². The van der Waals surface area contributed by atoms with E-state index in [1.54, 1.807) is 30.3 Å². The van der Waals surface area contributed by atoms with Crippen LogP contribution in [0.4, 0.5) is 30.7 Å². The van der Waals surface area contributed by atoms with Crippen molar-refractivity contribution in [3.05, 3.63) is 131 Å². The number of hydrogen-bond donors (Lipinski definition) is 1. The number of halogens is 7. The third kappa shape index (κ3) is 9.19. The second-order valence-electron chi connectivity index (χ2n) is 9.60. The lowest BCUT2D eigenvalue weighted by atomic mass is 9.70. The van der Waals surface area contributed by atoms with Crippen LogP contribution >= 0.6 is 0 Å². The second kappa shape index (κ2) is 12.6. The van der Waals surface area contributed by atoms with Gasteiger partial charge in [-0.3, -0.25) is 0 Å². The third-order valence-electron chi connectivity index (χ3n) is 6.45. The maximum Gasteiger partial charge on any atom is 0.573 e. The number of alkyl halides is 6. The summed E-state index contributed by atoms with van der Waals surface area (Å²) in [5.41, 5.74) is -0.487. The Morgan fingerprint density at radius 3 is 1.63 bits per heavy atom. The fraction of sp³-hybridized carbons (Fsp3) is 0.200. The van der Waals surface area contributed by atoms with Gasteiger partial charge < -0.3 is 9.47 Å². The Bertz CT molecular complexity index is 1570. The SMILES string of the molecule is O=S(=O)(Cc1ccc(F)cc1)NCC(Cc1ccccc1)(c1cccc(OC(F)(F)F)c1)c1cccc(OC(F)(F)F)c1. The standard InChI is InChI=1S/C30H24F7NO4S/c31-25-14-12-22(13-15-25)19-43(39,40)38-20-28(18-21-6-2-1-3-7-21,23-8-4-10-26(16-23)41-29(32,33)34)24-9-5-11-27(17-24)42-30(35,36)37/h1-17,38H,18-20H2. The van der Waals surface area contributed by atoms with Crippen molar-refractivity contribution in [3.63, 3.8) is 0 Å². The Balaban J connectivity index is 1.86. The van der Waals surface area contributed by atoms with E-state index in [2.05, 4.69) is 14.2 Å². The highest BCUT2D eigenvalue weighted by Crippen LogP contribution is 2.40. The molecule has 0 spiro atoms. The van der Waals surface area contributed by atoms with Crippen LogP contribution in [-0.4, -0.2) is 27.7 Å². The first-order valence-electron chi connectivity index (χ1n) is 12.6. The number of sulfonamides is 1. The molecule has 13 heteroatoms. The summed E-state index contributed by atoms with van der Waals surface area (Å²) < 4.78 is 129. The monoisotopic (exact) mass is 627 g/mol. The van der Waals surface area contributed by atoms with Crippen LogP contribution in [0.2, 0.25) is 0 Å². The molecular weight excluding hydrogens is 603 g/mol. The number of rotatable bonds is 11. The van der Waals surface area contributed by atoms with E-state index in [9.17, 15) is 39.2 Å². The fourth-order valence-electron chi connectivity index (χ4n) is 4.65. The van der Waals surface area contributed by atoms with E-state index in [1.807, 2.05) is 0 Å². The summed E-state index contributed by atoms with van der Waals surface area (Å²) in [7, 11) is -4.16. The minimum Gasteiger partial charge on any atom is -0.406 e. The molecule has 0 aliphatic carbocycles. The molecule has 0 atom stereocenters. The Morgan fingerprint density at radius 1 is 0.628 bits per heavy atom. The zero-order valence-corrected chi connectivity index (χ0v) is 22.9. The molecule has 0 radical (unpaired) electrons. The summed E-state index contributed by atoms with van der Waals surface area (Å²) in [6, 6.07) is 22.8. The number of nitrogens with one attached hydrogen (secondary N) is 1. The lowest BCUT2D eigenvalue weighted by molar-refractivity contribution is -0.275. The van der Waals surface area contributed by atoms with Gasteiger partial charge in [0, 0.05) is 12.0 Å². The van der Waals surface area contributed by atoms with Gasteiger partial charge in [-0.1, -0.05) is 66.7 Å². The van der Waals surface area contributed by atoms with E-state index >= 15 is 0 Å². The number of hydrogen-bond acceptors (Lipinski definition) is 4. The Hall–Kier alpha value is -4.10. The van der Waals surface area contributed by atoms with Crippen molar-refractivity contribution in [2.45, 2.75) is 30.3 Å². The van der Waals surface area contributed by atoms with Gasteiger partial charge >= 0.3 is 12.7 Å². The number of benzene rings is 4. The largest absolute Gasteiger partial charge is 0.573 e. The summed E-state index contributed by atoms with van der Waals surface area (Å²) in [6.45, 7) is -0.490. The van der Waals surface area contributed by atoms with Crippen molar-refractivity contribution in [1.29, 1.82) is 0 Å². The van der Waals surface area contributed by atoms with Crippen LogP contribution < -0.4 is 14.2 Å². The Morgan fingerprint density at radius 2 is 1.14 bits per heavy atom. The molecule has 0 bridgehead atoms. The molecule has 0 amide bonds. The average molecular weight is 628 g/mol. The summed E-state index contributed by atoms with van der Waals surface area (Å²) in [4.78, 5) is 0. The van der Waals surface area contributed by atoms with Gasteiger partial charge in [-0.15, -0.1) is 26.3 Å². The van der Waals surface area contributed by atoms with Crippen LogP contribution in [0, 0.1) is 5.82 Å². The van der Waals surface area contributed by atoms with Gasteiger partial charge in [-0.25, -0.2) is 17.5 Å². The minimum atomic E-state index is -5.04. The smallest absolute Gasteiger partial charge is 0.406 e. The maximum atomic E-state index is 13.4. The molecule has 0 saturated carbocycles. The molecule has 0 aromatic heterocycles. The van der Waals surface area contributed by atoms with Crippen LogP contribution in [0.25, 0.3) is 0 Å². The Labute approximate surface area is 242 Å². The zero-order chi connectivity index (χ0) is 31.3. The van der Waals surface area contributed by atoms with E-state index in [1.165, 1.54) is 36.4 Å². The molecule has 1 N–H and O–H groups in total. The summed E-state index contributed by atoms with van der Waals surface area (Å²) >= 11 is 0. The molecule has 228 valence electrons. The number of ether oxygens (including phenoxy) is 2. The van der Waals surface area contributed by atoms with Gasteiger partial charge in [0.15, 0.2) is 0 Å². The predicted molar refractivity (Wildman–Crippen MR) is 144 cm³/mol. The molecule has 0 saturated heterocycles. The molecule has 4 rings (SSSR count). The lowest BCUT2D eigenvalue weighted by Crippen LogP contribution is -2.43. The van der Waals surface area contributed by atoms with Crippen molar-refractivity contribution in [1.82, 2.24) is 4.72 Å². The third-order valence-corrected chi connectivity index (χ3v) is 7.75. The summed E-state index contributed by atoms with van der Waals surface area (Å²) in [6.07, 6.45) is -10.1. The molecule has 0 aliphatic rings. The zero-order valence-electron chi connectivity index (χ0n) is 22.1. The highest BCUT2D eigenvalue weighted by atomic mass is 32.2. The molecule has 0 aliphatic heterocycles. The topological polar surface area (TPSA) is 64.6 Å². The quantitative estimate of drug-likeness (QED) is 0.178. The predicted octanol–water partition coefficient (Wildman–Crippen LogP) is 7.27. The van der Waals surface area contributed by atoms with Gasteiger partial charge in [-0.2, -0.15) is 0 Å². The molecule has 5 nitrogen and oxygen atoms in total. The average Bonchev–Trinajstić information content (AvgIpc) is 2.91.